The third-order valence-electron chi connectivity index (χ3n) is 16.5. The summed E-state index contributed by atoms with van der Waals surface area (Å²) in [5, 5.41) is 15.6. The van der Waals surface area contributed by atoms with E-state index in [9.17, 15) is 10.1 Å². The highest BCUT2D eigenvalue weighted by atomic mass is 16.6. The van der Waals surface area contributed by atoms with Crippen molar-refractivity contribution in [2.75, 3.05) is 14.2 Å². The number of fused-ring (bicyclic) bond motifs is 11. The molecule has 7 aromatic carbocycles. The lowest BCUT2D eigenvalue weighted by Crippen LogP contribution is -1.93. The van der Waals surface area contributed by atoms with E-state index in [1.165, 1.54) is 16.7 Å². The third kappa shape index (κ3) is 10.1. The minimum Gasteiger partial charge on any atom is -0.497 e. The van der Waals surface area contributed by atoms with Crippen LogP contribution in [0.1, 0.15) is 124 Å². The Hall–Kier alpha value is -9.60. The van der Waals surface area contributed by atoms with Gasteiger partial charge in [-0.2, -0.15) is 0 Å². The summed E-state index contributed by atoms with van der Waals surface area (Å²) in [6.45, 7) is 17.5. The Labute approximate surface area is 485 Å². The van der Waals surface area contributed by atoms with Crippen molar-refractivity contribution in [3.8, 4) is 78.3 Å². The number of hydrogen-bond acceptors (Lipinski definition) is 6. The molecule has 0 amide bonds. The lowest BCUT2D eigenvalue weighted by molar-refractivity contribution is -0.382. The van der Waals surface area contributed by atoms with E-state index in [1.54, 1.807) is 20.3 Å². The minimum absolute atomic E-state index is 0.0673. The topological polar surface area (TPSA) is 119 Å². The first kappa shape index (κ1) is 54.0. The number of benzene rings is 7. The molecule has 10 aromatic rings. The average molecular weight is 1090 g/mol. The largest absolute Gasteiger partial charge is 0.497 e. The van der Waals surface area contributed by atoms with Gasteiger partial charge < -0.3 is 19.4 Å². The number of H-pyrrole nitrogens is 2. The zero-order chi connectivity index (χ0) is 57.8. The Balaban J connectivity index is 1.35. The molecule has 0 radical (unpaired) electrons. The Morgan fingerprint density at radius 2 is 0.735 bits per heavy atom. The second kappa shape index (κ2) is 22.0. The molecule has 12 rings (SSSR count). The molecule has 0 spiro atoms. The third-order valence-corrected chi connectivity index (χ3v) is 16.5. The Bertz CT molecular complexity index is 4410. The van der Waals surface area contributed by atoms with Crippen LogP contribution in [0.5, 0.6) is 11.5 Å². The number of hydrogen-bond donors (Lipinski definition) is 2. The summed E-state index contributed by atoms with van der Waals surface area (Å²) in [6, 6.07) is 57.2. The maximum absolute atomic E-state index is 13.7. The monoisotopic (exact) mass is 1090 g/mol. The van der Waals surface area contributed by atoms with Crippen LogP contribution in [-0.2, 0) is 0 Å². The fourth-order valence-corrected chi connectivity index (χ4v) is 11.8. The number of methoxy groups -OCH3 is 2. The van der Waals surface area contributed by atoms with Gasteiger partial charge in [-0.1, -0.05) is 177 Å². The molecule has 8 bridgehead atoms. The van der Waals surface area contributed by atoms with Gasteiger partial charge in [0, 0.05) is 39.1 Å². The van der Waals surface area contributed by atoms with Gasteiger partial charge in [-0.25, -0.2) is 9.97 Å². The van der Waals surface area contributed by atoms with Crippen molar-refractivity contribution >= 4 is 62.8 Å². The molecule has 3 aromatic heterocycles. The second-order valence-electron chi connectivity index (χ2n) is 23.0. The van der Waals surface area contributed by atoms with Gasteiger partial charge in [0.15, 0.2) is 0 Å². The van der Waals surface area contributed by atoms with Crippen LogP contribution in [-0.4, -0.2) is 39.1 Å². The fraction of sp³-hybridized carbons (Fsp3) is 0.189. The summed E-state index contributed by atoms with van der Waals surface area (Å²) in [5.74, 6) is 2.65. The first-order valence-electron chi connectivity index (χ1n) is 28.7. The van der Waals surface area contributed by atoms with E-state index in [2.05, 4.69) is 217 Å². The van der Waals surface area contributed by atoms with Crippen LogP contribution in [0.15, 0.2) is 164 Å². The van der Waals surface area contributed by atoms with Crippen LogP contribution in [0.2, 0.25) is 0 Å². The van der Waals surface area contributed by atoms with Gasteiger partial charge in [0.05, 0.1) is 58.5 Å². The highest BCUT2D eigenvalue weighted by molar-refractivity contribution is 6.19. The Morgan fingerprint density at radius 1 is 0.398 bits per heavy atom. The highest BCUT2D eigenvalue weighted by Gasteiger charge is 2.27. The molecule has 5 heterocycles. The summed E-state index contributed by atoms with van der Waals surface area (Å²) in [5.41, 5.74) is 20.6. The Kier molecular flexibility index (Phi) is 14.3. The van der Waals surface area contributed by atoms with Gasteiger partial charge in [-0.3, -0.25) is 10.1 Å². The van der Waals surface area contributed by atoms with E-state index in [-0.39, 0.29) is 16.5 Å². The first-order chi connectivity index (χ1) is 40.2. The number of ether oxygens (including phenoxy) is 2. The maximum Gasteiger partial charge on any atom is 0.295 e. The molecular weight excluding hydrogens is 1020 g/mol. The molecule has 2 aliphatic rings. The van der Waals surface area contributed by atoms with Crippen molar-refractivity contribution in [1.82, 2.24) is 19.9 Å². The molecule has 9 heteroatoms. The summed E-state index contributed by atoms with van der Waals surface area (Å²) in [7, 11) is 3.40. The van der Waals surface area contributed by atoms with Crippen molar-refractivity contribution in [3.05, 3.63) is 219 Å². The van der Waals surface area contributed by atoms with Gasteiger partial charge in [-0.15, -0.1) is 0 Å². The number of nitro groups is 1. The van der Waals surface area contributed by atoms with Gasteiger partial charge in [0.25, 0.3) is 5.69 Å². The van der Waals surface area contributed by atoms with Crippen LogP contribution in [0.25, 0.3) is 124 Å². The molecule has 0 atom stereocenters. The van der Waals surface area contributed by atoms with E-state index in [4.69, 9.17) is 19.4 Å². The number of nitrogens with one attached hydrogen (secondary N) is 2. The van der Waals surface area contributed by atoms with E-state index < -0.39 is 0 Å². The predicted molar refractivity (Wildman–Crippen MR) is 345 cm³/mol. The molecule has 9 nitrogen and oxygen atoms in total. The van der Waals surface area contributed by atoms with Crippen LogP contribution in [0.4, 0.5) is 5.69 Å². The van der Waals surface area contributed by atoms with E-state index >= 15 is 0 Å². The molecule has 0 saturated carbocycles. The first-order valence-corrected chi connectivity index (χ1v) is 28.7. The lowest BCUT2D eigenvalue weighted by Gasteiger charge is -2.14. The number of nitrogens with zero attached hydrogens (tertiary/aromatic N) is 3. The number of aromatic nitrogens is 4. The van der Waals surface area contributed by atoms with E-state index in [0.717, 1.165) is 106 Å². The molecule has 0 fully saturated rings. The maximum atomic E-state index is 13.7. The zero-order valence-corrected chi connectivity index (χ0v) is 48.7. The van der Waals surface area contributed by atoms with Crippen LogP contribution in [0, 0.1) is 10.1 Å². The quantitative estimate of drug-likeness (QED) is 0.0877. The summed E-state index contributed by atoms with van der Waals surface area (Å²) in [6.07, 6.45) is 8.21. The zero-order valence-electron chi connectivity index (χ0n) is 48.7. The Morgan fingerprint density at radius 3 is 1.07 bits per heavy atom. The van der Waals surface area contributed by atoms with Gasteiger partial charge in [-0.05, 0) is 151 Å². The van der Waals surface area contributed by atoms with Crippen LogP contribution in [0.3, 0.4) is 0 Å². The van der Waals surface area contributed by atoms with E-state index in [0.29, 0.717) is 51.4 Å². The molecule has 412 valence electrons. The lowest BCUT2D eigenvalue weighted by atomic mass is 9.90. The van der Waals surface area contributed by atoms with Gasteiger partial charge >= 0.3 is 0 Å². The average Bonchev–Trinajstić information content (AvgIpc) is 2.72. The van der Waals surface area contributed by atoms with Crippen LogP contribution < -0.4 is 9.47 Å². The van der Waals surface area contributed by atoms with Gasteiger partial charge in [0.1, 0.15) is 17.0 Å². The van der Waals surface area contributed by atoms with Crippen molar-refractivity contribution in [1.29, 1.82) is 0 Å². The fourth-order valence-electron chi connectivity index (χ4n) is 11.8. The SMILES string of the molecule is COc1cccc(-c2cc3c4[nH]c(c(-c5ccc(C(C)C)cc5)c5nc(c(-c6ccc(C(C)C)cc6)c6[nH]c(cc6[N+](=O)[O-])c(-c6ccc(C(C)C)cc6)c6nc(c4-c4ccc(C(C)C)cc4)C=C6)C=C5)c3cc2-c2cccc(OC)c2)c1. The molecule has 2 aliphatic heterocycles. The molecule has 83 heavy (non-hydrogen) atoms. The number of aromatic amines is 2. The minimum atomic E-state index is -0.286. The van der Waals surface area contributed by atoms with Crippen molar-refractivity contribution in [2.24, 2.45) is 0 Å². The smallest absolute Gasteiger partial charge is 0.295 e. The van der Waals surface area contributed by atoms with Crippen molar-refractivity contribution in [3.63, 3.8) is 0 Å². The highest BCUT2D eigenvalue weighted by Crippen LogP contribution is 2.47. The summed E-state index contributed by atoms with van der Waals surface area (Å²) in [4.78, 5) is 32.6. The van der Waals surface area contributed by atoms with Crippen molar-refractivity contribution < 1.29 is 14.4 Å². The van der Waals surface area contributed by atoms with E-state index in [1.807, 2.05) is 30.3 Å². The summed E-state index contributed by atoms with van der Waals surface area (Å²) >= 11 is 0. The second-order valence-corrected chi connectivity index (χ2v) is 23.0. The molecule has 0 aliphatic carbocycles. The van der Waals surface area contributed by atoms with Crippen LogP contribution >= 0.6 is 0 Å². The standard InChI is InChI=1S/C74H67N5O4/c1-42(2)46-17-25-50(26-18-46)68-62-33-34-63(75-62)69(51-27-19-47(20-28-51)43(3)4)72-60-39-58(54-13-11-15-56(37-54)82-9)59(55-14-12-16-57(38-55)83-10)40-61(60)73(78-72)70(52-29-21-48(22-30-52)44(5)6)64-35-36-65(76-64)71(53-31-23-49(24-32-53)45(7)8)74-67(79(80)81)41-66(68)77-74/h11-45,77-78H,1-10H3. The summed E-state index contributed by atoms with van der Waals surface area (Å²) < 4.78 is 11.8. The normalized spacial score (nSPS) is 12.2. The predicted octanol–water partition coefficient (Wildman–Crippen LogP) is 20.2. The van der Waals surface area contributed by atoms with Gasteiger partial charge in [0.2, 0.25) is 0 Å². The molecule has 2 N–H and O–H groups in total. The molecular formula is C74H67N5O4. The molecule has 0 unspecified atom stereocenters. The number of rotatable bonds is 13. The molecule has 0 saturated heterocycles. The van der Waals surface area contributed by atoms with Crippen molar-refractivity contribution in [2.45, 2.75) is 79.1 Å².